The Morgan fingerprint density at radius 3 is 2.80 bits per heavy atom. The van der Waals surface area contributed by atoms with Gasteiger partial charge in [-0.3, -0.25) is 4.79 Å². The van der Waals surface area contributed by atoms with Crippen molar-refractivity contribution in [1.82, 2.24) is 4.90 Å². The molecule has 0 aliphatic carbocycles. The molecule has 110 valence electrons. The summed E-state index contributed by atoms with van der Waals surface area (Å²) >= 11 is 0. The first-order valence-corrected chi connectivity index (χ1v) is 7.17. The number of anilines is 1. The summed E-state index contributed by atoms with van der Waals surface area (Å²) in [7, 11) is 0. The molecule has 5 nitrogen and oxygen atoms in total. The normalized spacial score (nSPS) is 16.6. The van der Waals surface area contributed by atoms with Gasteiger partial charge in [-0.25, -0.2) is 0 Å². The minimum atomic E-state index is 0.0515. The van der Waals surface area contributed by atoms with Crippen LogP contribution < -0.4 is 11.1 Å². The largest absolute Gasteiger partial charge is 0.380 e. The average Bonchev–Trinajstić information content (AvgIpc) is 2.74. The quantitative estimate of drug-likeness (QED) is 0.848. The zero-order valence-corrected chi connectivity index (χ0v) is 11.8. The van der Waals surface area contributed by atoms with Crippen LogP contribution in [0.4, 0.5) is 5.69 Å². The van der Waals surface area contributed by atoms with Crippen molar-refractivity contribution in [2.45, 2.75) is 19.4 Å². The first-order valence-electron chi connectivity index (χ1n) is 7.17. The second kappa shape index (κ2) is 7.99. The van der Waals surface area contributed by atoms with Crippen LogP contribution in [0, 0.1) is 0 Å². The van der Waals surface area contributed by atoms with Gasteiger partial charge in [0.15, 0.2) is 0 Å². The first kappa shape index (κ1) is 15.0. The van der Waals surface area contributed by atoms with Gasteiger partial charge in [0.05, 0.1) is 6.61 Å². The van der Waals surface area contributed by atoms with E-state index in [1.165, 1.54) is 0 Å². The summed E-state index contributed by atoms with van der Waals surface area (Å²) in [6.45, 7) is 4.83. The Balaban J connectivity index is 1.73. The fourth-order valence-corrected chi connectivity index (χ4v) is 2.23. The Hall–Kier alpha value is -1.43. The van der Waals surface area contributed by atoms with E-state index in [1.807, 2.05) is 24.3 Å². The van der Waals surface area contributed by atoms with Crippen molar-refractivity contribution in [3.63, 3.8) is 0 Å². The summed E-state index contributed by atoms with van der Waals surface area (Å²) in [5.41, 5.74) is 7.43. The molecule has 0 atom stereocenters. The van der Waals surface area contributed by atoms with Crippen molar-refractivity contribution < 1.29 is 9.53 Å². The Labute approximate surface area is 120 Å². The highest BCUT2D eigenvalue weighted by atomic mass is 16.5. The van der Waals surface area contributed by atoms with Crippen LogP contribution in [0.2, 0.25) is 0 Å². The Morgan fingerprint density at radius 2 is 2.05 bits per heavy atom. The fourth-order valence-electron chi connectivity index (χ4n) is 2.23. The molecule has 0 radical (unpaired) electrons. The molecule has 1 fully saturated rings. The molecule has 20 heavy (non-hydrogen) atoms. The second-order valence-electron chi connectivity index (χ2n) is 5.01. The topological polar surface area (TPSA) is 67.6 Å². The molecule has 5 heteroatoms. The van der Waals surface area contributed by atoms with Gasteiger partial charge in [0.1, 0.15) is 0 Å². The Morgan fingerprint density at radius 1 is 1.25 bits per heavy atom. The standard InChI is InChI=1S/C15H23N3O2/c16-12-13-2-4-14(5-3-13)17-15(19)6-8-18-7-1-10-20-11-9-18/h2-5H,1,6-12,16H2,(H,17,19). The number of ether oxygens (including phenoxy) is 1. The molecule has 2 rings (SSSR count). The summed E-state index contributed by atoms with van der Waals surface area (Å²) in [5.74, 6) is 0.0515. The molecule has 0 bridgehead atoms. The van der Waals surface area contributed by atoms with E-state index in [4.69, 9.17) is 10.5 Å². The van der Waals surface area contributed by atoms with Crippen molar-refractivity contribution >= 4 is 11.6 Å². The third kappa shape index (κ3) is 4.92. The van der Waals surface area contributed by atoms with Crippen molar-refractivity contribution in [1.29, 1.82) is 0 Å². The summed E-state index contributed by atoms with van der Waals surface area (Å²) in [4.78, 5) is 14.2. The van der Waals surface area contributed by atoms with E-state index < -0.39 is 0 Å². The highest BCUT2D eigenvalue weighted by Crippen LogP contribution is 2.09. The third-order valence-corrected chi connectivity index (χ3v) is 3.44. The Bertz CT molecular complexity index is 412. The zero-order chi connectivity index (χ0) is 14.2. The van der Waals surface area contributed by atoms with Crippen molar-refractivity contribution in [3.05, 3.63) is 29.8 Å². The van der Waals surface area contributed by atoms with Crippen LogP contribution >= 0.6 is 0 Å². The fraction of sp³-hybridized carbons (Fsp3) is 0.533. The second-order valence-corrected chi connectivity index (χ2v) is 5.01. The Kier molecular flexibility index (Phi) is 5.98. The van der Waals surface area contributed by atoms with Crippen molar-refractivity contribution in [2.24, 2.45) is 5.73 Å². The lowest BCUT2D eigenvalue weighted by Crippen LogP contribution is -2.30. The van der Waals surface area contributed by atoms with Gasteiger partial charge in [-0.05, 0) is 24.1 Å². The van der Waals surface area contributed by atoms with E-state index in [1.54, 1.807) is 0 Å². The number of nitrogens with two attached hydrogens (primary N) is 1. The van der Waals surface area contributed by atoms with Crippen LogP contribution in [0.5, 0.6) is 0 Å². The van der Waals surface area contributed by atoms with Crippen LogP contribution in [-0.2, 0) is 16.1 Å². The number of hydrogen-bond donors (Lipinski definition) is 2. The van der Waals surface area contributed by atoms with E-state index in [2.05, 4.69) is 10.2 Å². The number of carbonyl (C=O) groups excluding carboxylic acids is 1. The lowest BCUT2D eigenvalue weighted by molar-refractivity contribution is -0.116. The van der Waals surface area contributed by atoms with E-state index in [0.29, 0.717) is 13.0 Å². The number of rotatable bonds is 5. The number of hydrogen-bond acceptors (Lipinski definition) is 4. The highest BCUT2D eigenvalue weighted by molar-refractivity contribution is 5.90. The molecule has 1 aliphatic heterocycles. The molecule has 1 aromatic carbocycles. The molecule has 1 aromatic rings. The molecule has 0 saturated carbocycles. The van der Waals surface area contributed by atoms with Gasteiger partial charge in [0.25, 0.3) is 0 Å². The molecule has 0 aromatic heterocycles. The monoisotopic (exact) mass is 277 g/mol. The zero-order valence-electron chi connectivity index (χ0n) is 11.8. The SMILES string of the molecule is NCc1ccc(NC(=O)CCN2CCCOCC2)cc1. The molecule has 1 heterocycles. The molecule has 1 amide bonds. The summed E-state index contributed by atoms with van der Waals surface area (Å²) in [6.07, 6.45) is 1.56. The van der Waals surface area contributed by atoms with Gasteiger partial charge in [-0.2, -0.15) is 0 Å². The maximum Gasteiger partial charge on any atom is 0.225 e. The molecule has 0 spiro atoms. The smallest absolute Gasteiger partial charge is 0.225 e. The van der Waals surface area contributed by atoms with Crippen molar-refractivity contribution in [2.75, 3.05) is 38.2 Å². The highest BCUT2D eigenvalue weighted by Gasteiger charge is 2.11. The van der Waals surface area contributed by atoms with Gasteiger partial charge in [0, 0.05) is 44.9 Å². The van der Waals surface area contributed by atoms with Crippen molar-refractivity contribution in [3.8, 4) is 0 Å². The van der Waals surface area contributed by atoms with E-state index in [9.17, 15) is 4.79 Å². The lowest BCUT2D eigenvalue weighted by atomic mass is 10.2. The van der Waals surface area contributed by atoms with Crippen LogP contribution in [0.1, 0.15) is 18.4 Å². The van der Waals surface area contributed by atoms with Crippen LogP contribution in [-0.4, -0.2) is 43.7 Å². The number of nitrogens with one attached hydrogen (secondary N) is 1. The predicted molar refractivity (Wildman–Crippen MR) is 79.5 cm³/mol. The first-order chi connectivity index (χ1) is 9.78. The van der Waals surface area contributed by atoms with Gasteiger partial charge in [-0.15, -0.1) is 0 Å². The maximum absolute atomic E-state index is 11.9. The minimum Gasteiger partial charge on any atom is -0.380 e. The van der Waals surface area contributed by atoms with Crippen LogP contribution in [0.3, 0.4) is 0 Å². The van der Waals surface area contributed by atoms with Gasteiger partial charge < -0.3 is 20.7 Å². The van der Waals surface area contributed by atoms with Gasteiger partial charge in [-0.1, -0.05) is 12.1 Å². The van der Waals surface area contributed by atoms with Crippen LogP contribution in [0.25, 0.3) is 0 Å². The molecule has 3 N–H and O–H groups in total. The number of amides is 1. The third-order valence-electron chi connectivity index (χ3n) is 3.44. The molecular weight excluding hydrogens is 254 g/mol. The number of nitrogens with zero attached hydrogens (tertiary/aromatic N) is 1. The van der Waals surface area contributed by atoms with Crippen LogP contribution in [0.15, 0.2) is 24.3 Å². The van der Waals surface area contributed by atoms with E-state index in [0.717, 1.165) is 50.5 Å². The number of carbonyl (C=O) groups is 1. The minimum absolute atomic E-state index is 0.0515. The molecule has 1 saturated heterocycles. The summed E-state index contributed by atoms with van der Waals surface area (Å²) in [6, 6.07) is 7.64. The molecule has 0 unspecified atom stereocenters. The van der Waals surface area contributed by atoms with Gasteiger partial charge in [0.2, 0.25) is 5.91 Å². The maximum atomic E-state index is 11.9. The summed E-state index contributed by atoms with van der Waals surface area (Å²) in [5, 5.41) is 2.91. The van der Waals surface area contributed by atoms with E-state index in [-0.39, 0.29) is 5.91 Å². The molecule has 1 aliphatic rings. The lowest BCUT2D eigenvalue weighted by Gasteiger charge is -2.18. The van der Waals surface area contributed by atoms with Gasteiger partial charge >= 0.3 is 0 Å². The predicted octanol–water partition coefficient (Wildman–Crippen LogP) is 1.20. The molecular formula is C15H23N3O2. The average molecular weight is 277 g/mol. The number of benzene rings is 1. The van der Waals surface area contributed by atoms with E-state index >= 15 is 0 Å². The summed E-state index contributed by atoms with van der Waals surface area (Å²) < 4.78 is 5.40.